The van der Waals surface area contributed by atoms with Gasteiger partial charge in [-0.3, -0.25) is 4.90 Å². The van der Waals surface area contributed by atoms with Crippen molar-refractivity contribution in [3.05, 3.63) is 47.5 Å². The quantitative estimate of drug-likeness (QED) is 0.321. The van der Waals surface area contributed by atoms with E-state index in [0.29, 0.717) is 25.3 Å². The predicted octanol–water partition coefficient (Wildman–Crippen LogP) is 5.80. The van der Waals surface area contributed by atoms with E-state index in [1.165, 1.54) is 7.11 Å². The molecule has 0 radical (unpaired) electrons. The van der Waals surface area contributed by atoms with E-state index in [0.717, 1.165) is 11.3 Å². The molecule has 1 aromatic carbocycles. The lowest BCUT2D eigenvalue weighted by Crippen LogP contribution is -2.45. The van der Waals surface area contributed by atoms with Gasteiger partial charge in [0, 0.05) is 25.7 Å². The molecule has 1 saturated heterocycles. The van der Waals surface area contributed by atoms with Crippen LogP contribution in [-0.4, -0.2) is 67.3 Å². The van der Waals surface area contributed by atoms with E-state index in [1.807, 2.05) is 49.6 Å². The average Bonchev–Trinajstić information content (AvgIpc) is 3.41. The minimum Gasteiger partial charge on any atom is -0.497 e. The maximum absolute atomic E-state index is 13.4. The van der Waals surface area contributed by atoms with Gasteiger partial charge in [-0.2, -0.15) is 0 Å². The molecule has 9 nitrogen and oxygen atoms in total. The fourth-order valence-electron chi connectivity index (χ4n) is 4.20. The number of hydrogen-bond acceptors (Lipinski definition) is 7. The Hall–Kier alpha value is -2.85. The maximum atomic E-state index is 13.4. The normalized spacial score (nSPS) is 18.4. The van der Waals surface area contributed by atoms with E-state index < -0.39 is 32.0 Å². The third-order valence-corrected chi connectivity index (χ3v) is 11.7. The van der Waals surface area contributed by atoms with Crippen molar-refractivity contribution in [3.63, 3.8) is 0 Å². The van der Waals surface area contributed by atoms with E-state index in [2.05, 4.69) is 38.8 Å². The molecule has 1 aromatic heterocycles. The van der Waals surface area contributed by atoms with Gasteiger partial charge in [0.25, 0.3) is 0 Å². The fourth-order valence-corrected chi connectivity index (χ4v) is 5.55. The Kier molecular flexibility index (Phi) is 8.67. The molecule has 1 amide bonds. The van der Waals surface area contributed by atoms with Gasteiger partial charge in [-0.05, 0) is 56.6 Å². The van der Waals surface area contributed by atoms with Gasteiger partial charge in [-0.1, -0.05) is 32.9 Å². The van der Waals surface area contributed by atoms with Gasteiger partial charge in [0.2, 0.25) is 0 Å². The van der Waals surface area contributed by atoms with E-state index >= 15 is 0 Å². The number of carbonyl (C=O) groups is 2. The van der Waals surface area contributed by atoms with Crippen molar-refractivity contribution in [2.45, 2.75) is 90.4 Å². The lowest BCUT2D eigenvalue weighted by atomic mass is 10.1. The Morgan fingerprint density at radius 1 is 1.05 bits per heavy atom. The monoisotopic (exact) mass is 545 g/mol. The largest absolute Gasteiger partial charge is 0.497 e. The third kappa shape index (κ3) is 6.96. The summed E-state index contributed by atoms with van der Waals surface area (Å²) in [5, 5.41) is 0.0206. The highest BCUT2D eigenvalue weighted by Crippen LogP contribution is 2.41. The number of amides is 1. The van der Waals surface area contributed by atoms with Crippen LogP contribution in [0.15, 0.2) is 30.5 Å². The summed E-state index contributed by atoms with van der Waals surface area (Å²) in [5.74, 6) is 0.816. The highest BCUT2D eigenvalue weighted by Gasteiger charge is 2.46. The number of likely N-dealkylation sites (tertiary alicyclic amines) is 1. The summed E-state index contributed by atoms with van der Waals surface area (Å²) in [6, 6.07) is 7.27. The smallest absolute Gasteiger partial charge is 0.411 e. The molecule has 1 aliphatic rings. The van der Waals surface area contributed by atoms with E-state index in [9.17, 15) is 9.59 Å². The maximum Gasteiger partial charge on any atom is 0.411 e. The zero-order valence-corrected chi connectivity index (χ0v) is 25.5. The number of ether oxygens (including phenoxy) is 3. The van der Waals surface area contributed by atoms with Crippen LogP contribution in [0.4, 0.5) is 4.79 Å². The number of imidazole rings is 1. The second kappa shape index (κ2) is 11.1. The summed E-state index contributed by atoms with van der Waals surface area (Å²) < 4.78 is 24.7. The fraction of sp³-hybridized carbons (Fsp3) is 0.607. The molecule has 3 rings (SSSR count). The Morgan fingerprint density at radius 3 is 2.21 bits per heavy atom. The van der Waals surface area contributed by atoms with Gasteiger partial charge in [-0.25, -0.2) is 14.6 Å². The molecule has 2 heterocycles. The Morgan fingerprint density at radius 2 is 1.68 bits per heavy atom. The van der Waals surface area contributed by atoms with Crippen molar-refractivity contribution in [2.75, 3.05) is 20.8 Å². The van der Waals surface area contributed by atoms with Crippen LogP contribution in [-0.2, 0) is 20.4 Å². The van der Waals surface area contributed by atoms with Crippen LogP contribution < -0.4 is 4.74 Å². The molecule has 1 fully saturated rings. The van der Waals surface area contributed by atoms with E-state index in [1.54, 1.807) is 18.2 Å². The minimum atomic E-state index is -2.11. The van der Waals surface area contributed by atoms with E-state index in [4.69, 9.17) is 18.6 Å². The molecular weight excluding hydrogens is 502 g/mol. The van der Waals surface area contributed by atoms with Crippen LogP contribution in [0.3, 0.4) is 0 Å². The second-order valence-corrected chi connectivity index (χ2v) is 17.1. The molecule has 1 aliphatic heterocycles. The number of nitrogens with zero attached hydrogens (tertiary/aromatic N) is 3. The standard InChI is InChI=1S/C28H43N3O6Si/c1-27(2,3)36-26(33)31-17-21(37-38(9,10)28(4,5)6)15-23(31)24-29-22(25(32)35-8)18-30(24)16-19-11-13-20(34-7)14-12-19/h11-14,18,21,23H,15-17H2,1-10H3/t21-,23+/m1/s1. The number of hydrogen-bond donors (Lipinski definition) is 0. The molecule has 0 bridgehead atoms. The molecule has 38 heavy (non-hydrogen) atoms. The average molecular weight is 546 g/mol. The van der Waals surface area contributed by atoms with Gasteiger partial charge in [0.15, 0.2) is 14.0 Å². The lowest BCUT2D eigenvalue weighted by molar-refractivity contribution is 0.0201. The van der Waals surface area contributed by atoms with Gasteiger partial charge in [0.05, 0.1) is 26.4 Å². The molecule has 0 N–H and O–H groups in total. The number of aromatic nitrogens is 2. The molecule has 2 aromatic rings. The molecule has 0 unspecified atom stereocenters. The van der Waals surface area contributed by atoms with Crippen molar-refractivity contribution in [3.8, 4) is 5.75 Å². The summed E-state index contributed by atoms with van der Waals surface area (Å²) >= 11 is 0. The Bertz CT molecular complexity index is 1130. The second-order valence-electron chi connectivity index (χ2n) is 12.3. The van der Waals surface area contributed by atoms with Crippen LogP contribution in [0, 0.1) is 0 Å². The molecule has 0 spiro atoms. The van der Waals surface area contributed by atoms with Gasteiger partial charge in [0.1, 0.15) is 17.2 Å². The zero-order valence-electron chi connectivity index (χ0n) is 24.5. The van der Waals surface area contributed by atoms with Crippen molar-refractivity contribution >= 4 is 20.4 Å². The molecule has 2 atom stereocenters. The van der Waals surface area contributed by atoms with E-state index in [-0.39, 0.29) is 16.8 Å². The van der Waals surface area contributed by atoms with Gasteiger partial charge < -0.3 is 23.2 Å². The first kappa shape index (κ1) is 29.7. The third-order valence-electron chi connectivity index (χ3n) is 7.17. The van der Waals surface area contributed by atoms with Crippen LogP contribution >= 0.6 is 0 Å². The number of esters is 1. The summed E-state index contributed by atoms with van der Waals surface area (Å²) in [4.78, 5) is 32.2. The number of carbonyl (C=O) groups excluding carboxylic acids is 2. The molecule has 210 valence electrons. The Balaban J connectivity index is 2.02. The highest BCUT2D eigenvalue weighted by atomic mass is 28.4. The van der Waals surface area contributed by atoms with Crippen LogP contribution in [0.25, 0.3) is 0 Å². The van der Waals surface area contributed by atoms with Crippen molar-refractivity contribution in [1.82, 2.24) is 14.5 Å². The topological polar surface area (TPSA) is 92.1 Å². The number of benzene rings is 1. The van der Waals surface area contributed by atoms with Crippen molar-refractivity contribution in [2.24, 2.45) is 0 Å². The summed E-state index contributed by atoms with van der Waals surface area (Å²) in [7, 11) is 0.848. The number of methoxy groups -OCH3 is 2. The molecule has 0 saturated carbocycles. The lowest BCUT2D eigenvalue weighted by Gasteiger charge is -2.38. The molecule has 10 heteroatoms. The van der Waals surface area contributed by atoms with Gasteiger partial charge >= 0.3 is 12.1 Å². The highest BCUT2D eigenvalue weighted by molar-refractivity contribution is 6.74. The van der Waals surface area contributed by atoms with Crippen molar-refractivity contribution in [1.29, 1.82) is 0 Å². The van der Waals surface area contributed by atoms with Gasteiger partial charge in [-0.15, -0.1) is 0 Å². The van der Waals surface area contributed by atoms with Crippen LogP contribution in [0.5, 0.6) is 5.75 Å². The summed E-state index contributed by atoms with van der Waals surface area (Å²) in [6.45, 7) is 17.4. The zero-order chi connectivity index (χ0) is 28.5. The summed E-state index contributed by atoms with van der Waals surface area (Å²) in [5.41, 5.74) is 0.529. The first-order chi connectivity index (χ1) is 17.5. The van der Waals surface area contributed by atoms with Crippen LogP contribution in [0.1, 0.15) is 75.9 Å². The first-order valence-electron chi connectivity index (χ1n) is 13.0. The van der Waals surface area contributed by atoms with Crippen molar-refractivity contribution < 1.29 is 28.2 Å². The molecular formula is C28H43N3O6Si. The number of rotatable bonds is 7. The minimum absolute atomic E-state index is 0.0206. The first-order valence-corrected chi connectivity index (χ1v) is 15.9. The Labute approximate surface area is 227 Å². The van der Waals surface area contributed by atoms with Crippen LogP contribution in [0.2, 0.25) is 18.1 Å². The predicted molar refractivity (Wildman–Crippen MR) is 148 cm³/mol. The SMILES string of the molecule is COC(=O)c1cn(Cc2ccc(OC)cc2)c([C@@H]2C[C@@H](O[Si](C)(C)C(C)(C)C)CN2C(=O)OC(C)(C)C)n1. The molecule has 0 aliphatic carbocycles. The summed E-state index contributed by atoms with van der Waals surface area (Å²) in [6.07, 6.45) is 1.62.